The maximum atomic E-state index is 7.07. The maximum absolute atomic E-state index is 7.07. The van der Waals surface area contributed by atoms with Gasteiger partial charge < -0.3 is 5.32 Å². The maximum Gasteiger partial charge on any atom is 0.138 e. The van der Waals surface area contributed by atoms with Gasteiger partial charge in [-0.15, -0.1) is 0 Å². The molecule has 0 aliphatic carbocycles. The molecule has 0 unspecified atom stereocenters. The van der Waals surface area contributed by atoms with Crippen molar-refractivity contribution in [3.63, 3.8) is 0 Å². The molecule has 0 saturated carbocycles. The highest BCUT2D eigenvalue weighted by molar-refractivity contribution is 5.90. The minimum Gasteiger partial charge on any atom is -0.372 e. The Labute approximate surface area is 47.4 Å². The van der Waals surface area contributed by atoms with E-state index in [0.29, 0.717) is 12.5 Å². The van der Waals surface area contributed by atoms with Gasteiger partial charge in [0.25, 0.3) is 0 Å². The molecular weight excluding hydrogens is 104 g/mol. The standard InChI is InChI=1S/C4H8N4/c5-4-1-2-7-3-8(4)6/h1-2,5,7H,3,6H2. The van der Waals surface area contributed by atoms with Gasteiger partial charge in [0.1, 0.15) is 12.5 Å². The summed E-state index contributed by atoms with van der Waals surface area (Å²) < 4.78 is 0. The zero-order chi connectivity index (χ0) is 5.98. The summed E-state index contributed by atoms with van der Waals surface area (Å²) in [6.07, 6.45) is 3.30. The number of rotatable bonds is 0. The Morgan fingerprint density at radius 1 is 1.88 bits per heavy atom. The van der Waals surface area contributed by atoms with Crippen molar-refractivity contribution >= 4 is 5.84 Å². The molecular formula is C4H8N4. The third-order valence-corrected chi connectivity index (χ3v) is 0.930. The van der Waals surface area contributed by atoms with Crippen molar-refractivity contribution in [2.45, 2.75) is 0 Å². The van der Waals surface area contributed by atoms with Gasteiger partial charge in [0.2, 0.25) is 0 Å². The molecule has 0 spiro atoms. The van der Waals surface area contributed by atoms with Crippen LogP contribution in [-0.4, -0.2) is 17.5 Å². The van der Waals surface area contributed by atoms with E-state index in [1.165, 1.54) is 5.01 Å². The Kier molecular flexibility index (Phi) is 1.17. The van der Waals surface area contributed by atoms with Gasteiger partial charge in [-0.2, -0.15) is 0 Å². The van der Waals surface area contributed by atoms with E-state index in [1.54, 1.807) is 12.3 Å². The summed E-state index contributed by atoms with van der Waals surface area (Å²) in [6.45, 7) is 0.523. The molecule has 4 heteroatoms. The molecule has 1 aliphatic heterocycles. The summed E-state index contributed by atoms with van der Waals surface area (Å²) in [5.74, 6) is 5.61. The number of hydrogen-bond donors (Lipinski definition) is 3. The van der Waals surface area contributed by atoms with Crippen LogP contribution < -0.4 is 11.2 Å². The fraction of sp³-hybridized carbons (Fsp3) is 0.250. The monoisotopic (exact) mass is 112 g/mol. The normalized spacial score (nSPS) is 18.6. The van der Waals surface area contributed by atoms with E-state index in [9.17, 15) is 0 Å². The molecule has 0 radical (unpaired) electrons. The average molecular weight is 112 g/mol. The van der Waals surface area contributed by atoms with Crippen molar-refractivity contribution in [2.75, 3.05) is 6.67 Å². The number of nitrogens with two attached hydrogens (primary N) is 1. The van der Waals surface area contributed by atoms with Gasteiger partial charge >= 0.3 is 0 Å². The van der Waals surface area contributed by atoms with Gasteiger partial charge in [0.05, 0.1) is 0 Å². The molecule has 8 heavy (non-hydrogen) atoms. The molecule has 0 aromatic carbocycles. The van der Waals surface area contributed by atoms with Gasteiger partial charge in [-0.05, 0) is 6.08 Å². The van der Waals surface area contributed by atoms with Crippen LogP contribution in [0.2, 0.25) is 0 Å². The number of nitrogens with one attached hydrogen (secondary N) is 2. The van der Waals surface area contributed by atoms with Gasteiger partial charge in [-0.1, -0.05) is 0 Å². The van der Waals surface area contributed by atoms with Gasteiger partial charge in [-0.25, -0.2) is 5.84 Å². The Hall–Kier alpha value is -1.03. The predicted octanol–water partition coefficient (Wildman–Crippen LogP) is -0.786. The minimum absolute atomic E-state index is 0.337. The van der Waals surface area contributed by atoms with Crippen molar-refractivity contribution in [1.82, 2.24) is 10.3 Å². The molecule has 1 rings (SSSR count). The smallest absolute Gasteiger partial charge is 0.138 e. The van der Waals surface area contributed by atoms with Crippen molar-refractivity contribution in [3.8, 4) is 0 Å². The Morgan fingerprint density at radius 2 is 2.62 bits per heavy atom. The number of nitrogens with zero attached hydrogens (tertiary/aromatic N) is 1. The number of amidine groups is 1. The molecule has 0 aromatic rings. The summed E-state index contributed by atoms with van der Waals surface area (Å²) in [7, 11) is 0. The van der Waals surface area contributed by atoms with E-state index in [-0.39, 0.29) is 0 Å². The van der Waals surface area contributed by atoms with Gasteiger partial charge in [0.15, 0.2) is 0 Å². The summed E-state index contributed by atoms with van der Waals surface area (Å²) in [5, 5.41) is 11.2. The molecule has 0 fully saturated rings. The largest absolute Gasteiger partial charge is 0.372 e. The topological polar surface area (TPSA) is 65.1 Å². The molecule has 0 atom stereocenters. The highest BCUT2D eigenvalue weighted by Gasteiger charge is 2.01. The molecule has 0 saturated heterocycles. The lowest BCUT2D eigenvalue weighted by molar-refractivity contribution is 0.413. The average Bonchev–Trinajstić information content (AvgIpc) is 1.77. The lowest BCUT2D eigenvalue weighted by atomic mass is 10.5. The van der Waals surface area contributed by atoms with E-state index < -0.39 is 0 Å². The lowest BCUT2D eigenvalue weighted by Crippen LogP contribution is -2.44. The first kappa shape index (κ1) is 5.11. The summed E-state index contributed by atoms with van der Waals surface area (Å²) in [6, 6.07) is 0. The Bertz CT molecular complexity index is 128. The Balaban J connectivity index is 2.60. The van der Waals surface area contributed by atoms with E-state index in [2.05, 4.69) is 5.32 Å². The van der Waals surface area contributed by atoms with Crippen LogP contribution in [0.1, 0.15) is 0 Å². The fourth-order valence-electron chi connectivity index (χ4n) is 0.470. The third kappa shape index (κ3) is 0.788. The van der Waals surface area contributed by atoms with Crippen LogP contribution in [0, 0.1) is 5.41 Å². The summed E-state index contributed by atoms with van der Waals surface area (Å²) in [5.41, 5.74) is 0. The van der Waals surface area contributed by atoms with Gasteiger partial charge in [0, 0.05) is 6.20 Å². The van der Waals surface area contributed by atoms with Crippen LogP contribution in [-0.2, 0) is 0 Å². The van der Waals surface area contributed by atoms with Crippen LogP contribution in [0.15, 0.2) is 12.3 Å². The highest BCUT2D eigenvalue weighted by atomic mass is 15.5. The first-order chi connectivity index (χ1) is 3.80. The second-order valence-electron chi connectivity index (χ2n) is 1.55. The lowest BCUT2D eigenvalue weighted by Gasteiger charge is -2.20. The molecule has 4 nitrogen and oxygen atoms in total. The van der Waals surface area contributed by atoms with Crippen molar-refractivity contribution < 1.29 is 0 Å². The van der Waals surface area contributed by atoms with E-state index in [0.717, 1.165) is 0 Å². The van der Waals surface area contributed by atoms with Gasteiger partial charge in [-0.3, -0.25) is 10.4 Å². The molecule has 1 aliphatic rings. The predicted molar refractivity (Wildman–Crippen MR) is 30.9 cm³/mol. The number of hydrogen-bond acceptors (Lipinski definition) is 3. The van der Waals surface area contributed by atoms with Crippen LogP contribution in [0.25, 0.3) is 0 Å². The second-order valence-corrected chi connectivity index (χ2v) is 1.55. The number of hydrazine groups is 1. The third-order valence-electron chi connectivity index (χ3n) is 0.930. The second kappa shape index (κ2) is 1.83. The first-order valence-corrected chi connectivity index (χ1v) is 2.31. The van der Waals surface area contributed by atoms with E-state index in [4.69, 9.17) is 11.3 Å². The van der Waals surface area contributed by atoms with Crippen LogP contribution >= 0.6 is 0 Å². The van der Waals surface area contributed by atoms with E-state index in [1.807, 2.05) is 0 Å². The first-order valence-electron chi connectivity index (χ1n) is 2.31. The molecule has 0 amide bonds. The summed E-state index contributed by atoms with van der Waals surface area (Å²) >= 11 is 0. The van der Waals surface area contributed by atoms with Crippen molar-refractivity contribution in [1.29, 1.82) is 5.41 Å². The molecule has 1 heterocycles. The van der Waals surface area contributed by atoms with E-state index >= 15 is 0 Å². The van der Waals surface area contributed by atoms with Crippen LogP contribution in [0.4, 0.5) is 0 Å². The Morgan fingerprint density at radius 3 is 3.00 bits per heavy atom. The van der Waals surface area contributed by atoms with Crippen molar-refractivity contribution in [3.05, 3.63) is 12.3 Å². The van der Waals surface area contributed by atoms with Crippen LogP contribution in [0.3, 0.4) is 0 Å². The molecule has 44 valence electrons. The zero-order valence-corrected chi connectivity index (χ0v) is 4.39. The molecule has 0 bridgehead atoms. The SMILES string of the molecule is N=C1C=CNCN1N. The quantitative estimate of drug-likeness (QED) is 0.360. The minimum atomic E-state index is 0.337. The van der Waals surface area contributed by atoms with Crippen LogP contribution in [0.5, 0.6) is 0 Å². The molecule has 4 N–H and O–H groups in total. The zero-order valence-electron chi connectivity index (χ0n) is 4.39. The summed E-state index contributed by atoms with van der Waals surface area (Å²) in [4.78, 5) is 0. The highest BCUT2D eigenvalue weighted by Crippen LogP contribution is 1.85. The fourth-order valence-corrected chi connectivity index (χ4v) is 0.470. The molecule has 0 aromatic heterocycles. The van der Waals surface area contributed by atoms with Crippen molar-refractivity contribution in [2.24, 2.45) is 5.84 Å².